The highest BCUT2D eigenvalue weighted by Crippen LogP contribution is 2.24. The molecule has 0 aliphatic heterocycles. The number of rotatable bonds is 6. The average molecular weight is 322 g/mol. The zero-order valence-corrected chi connectivity index (χ0v) is 13.6. The van der Waals surface area contributed by atoms with E-state index >= 15 is 0 Å². The fourth-order valence-electron chi connectivity index (χ4n) is 1.77. The van der Waals surface area contributed by atoms with Gasteiger partial charge in [0.15, 0.2) is 0 Å². The quantitative estimate of drug-likeness (QED) is 0.803. The standard InChI is InChI=1S/C15H18N2O2S2/c1-3-20-13-7-6-11(9-16-13)14(18)17-10-15(2,19)12-5-4-8-21-12/h4-9,19H,3,10H2,1-2H3,(H,17,18). The Morgan fingerprint density at radius 1 is 1.48 bits per heavy atom. The predicted octanol–water partition coefficient (Wildman–Crippen LogP) is 2.89. The van der Waals surface area contributed by atoms with Crippen LogP contribution in [0.1, 0.15) is 29.1 Å². The first kappa shape index (κ1) is 16.0. The van der Waals surface area contributed by atoms with Crippen molar-refractivity contribution in [2.75, 3.05) is 12.3 Å². The summed E-state index contributed by atoms with van der Waals surface area (Å²) in [6, 6.07) is 7.32. The van der Waals surface area contributed by atoms with Gasteiger partial charge in [-0.1, -0.05) is 13.0 Å². The maximum Gasteiger partial charge on any atom is 0.252 e. The summed E-state index contributed by atoms with van der Waals surface area (Å²) in [4.78, 5) is 17.1. The third-order valence-electron chi connectivity index (χ3n) is 2.94. The molecule has 0 fully saturated rings. The van der Waals surface area contributed by atoms with Crippen LogP contribution in [0.2, 0.25) is 0 Å². The van der Waals surface area contributed by atoms with Gasteiger partial charge in [-0.05, 0) is 36.3 Å². The van der Waals surface area contributed by atoms with E-state index in [1.54, 1.807) is 30.9 Å². The molecule has 0 bridgehead atoms. The molecule has 1 atom stereocenters. The van der Waals surface area contributed by atoms with Crippen molar-refractivity contribution in [3.8, 4) is 0 Å². The number of aromatic nitrogens is 1. The molecule has 6 heteroatoms. The van der Waals surface area contributed by atoms with Crippen molar-refractivity contribution >= 4 is 29.0 Å². The van der Waals surface area contributed by atoms with Crippen molar-refractivity contribution < 1.29 is 9.90 Å². The third-order valence-corrected chi connectivity index (χ3v) is 4.88. The van der Waals surface area contributed by atoms with Crippen molar-refractivity contribution in [2.45, 2.75) is 24.5 Å². The van der Waals surface area contributed by atoms with Gasteiger partial charge in [-0.3, -0.25) is 4.79 Å². The highest BCUT2D eigenvalue weighted by molar-refractivity contribution is 7.99. The molecule has 21 heavy (non-hydrogen) atoms. The summed E-state index contributed by atoms with van der Waals surface area (Å²) in [6.07, 6.45) is 1.56. The minimum absolute atomic E-state index is 0.164. The zero-order chi connectivity index (χ0) is 15.3. The normalized spacial score (nSPS) is 13.7. The molecule has 0 aromatic carbocycles. The molecule has 2 rings (SSSR count). The van der Waals surface area contributed by atoms with Crippen LogP contribution in [-0.2, 0) is 5.60 Å². The Morgan fingerprint density at radius 2 is 2.29 bits per heavy atom. The first-order valence-corrected chi connectivity index (χ1v) is 8.53. The molecule has 112 valence electrons. The molecule has 1 unspecified atom stereocenters. The average Bonchev–Trinajstić information content (AvgIpc) is 3.01. The molecule has 4 nitrogen and oxygen atoms in total. The molecule has 1 amide bonds. The van der Waals surface area contributed by atoms with E-state index in [0.717, 1.165) is 15.7 Å². The van der Waals surface area contributed by atoms with Crippen LogP contribution in [-0.4, -0.2) is 28.3 Å². The van der Waals surface area contributed by atoms with Gasteiger partial charge in [-0.2, -0.15) is 0 Å². The predicted molar refractivity (Wildman–Crippen MR) is 86.9 cm³/mol. The number of thioether (sulfide) groups is 1. The summed E-state index contributed by atoms with van der Waals surface area (Å²) in [7, 11) is 0. The van der Waals surface area contributed by atoms with E-state index in [-0.39, 0.29) is 12.5 Å². The number of carbonyl (C=O) groups excluding carboxylic acids is 1. The molecule has 0 aliphatic carbocycles. The van der Waals surface area contributed by atoms with Crippen LogP contribution in [0.15, 0.2) is 40.9 Å². The Balaban J connectivity index is 1.95. The van der Waals surface area contributed by atoms with Gasteiger partial charge < -0.3 is 10.4 Å². The number of aliphatic hydroxyl groups is 1. The van der Waals surface area contributed by atoms with Gasteiger partial charge in [-0.25, -0.2) is 4.98 Å². The summed E-state index contributed by atoms with van der Waals surface area (Å²) < 4.78 is 0. The van der Waals surface area contributed by atoms with Crippen molar-refractivity contribution in [2.24, 2.45) is 0 Å². The SMILES string of the molecule is CCSc1ccc(C(=O)NCC(C)(O)c2cccs2)cn1. The van der Waals surface area contributed by atoms with E-state index in [9.17, 15) is 9.90 Å². The van der Waals surface area contributed by atoms with E-state index < -0.39 is 5.60 Å². The smallest absolute Gasteiger partial charge is 0.252 e. The molecule has 2 aromatic rings. The number of hydrogen-bond acceptors (Lipinski definition) is 5. The summed E-state index contributed by atoms with van der Waals surface area (Å²) >= 11 is 3.10. The van der Waals surface area contributed by atoms with Crippen LogP contribution in [0.3, 0.4) is 0 Å². The lowest BCUT2D eigenvalue weighted by atomic mass is 10.1. The van der Waals surface area contributed by atoms with Gasteiger partial charge in [-0.15, -0.1) is 23.1 Å². The number of hydrogen-bond donors (Lipinski definition) is 2. The second kappa shape index (κ2) is 7.06. The van der Waals surface area contributed by atoms with E-state index in [1.165, 1.54) is 11.3 Å². The molecule has 0 radical (unpaired) electrons. The van der Waals surface area contributed by atoms with Gasteiger partial charge in [0.1, 0.15) is 5.60 Å². The fraction of sp³-hybridized carbons (Fsp3) is 0.333. The van der Waals surface area contributed by atoms with Crippen LogP contribution in [0.4, 0.5) is 0 Å². The van der Waals surface area contributed by atoms with Crippen molar-refractivity contribution in [3.05, 3.63) is 46.3 Å². The number of thiophene rings is 1. The Hall–Kier alpha value is -1.37. The molecule has 0 saturated carbocycles. The van der Waals surface area contributed by atoms with Crippen LogP contribution >= 0.6 is 23.1 Å². The van der Waals surface area contributed by atoms with Gasteiger partial charge in [0.25, 0.3) is 5.91 Å². The van der Waals surface area contributed by atoms with Gasteiger partial charge >= 0.3 is 0 Å². The first-order chi connectivity index (χ1) is 10.0. The molecule has 0 saturated heterocycles. The third kappa shape index (κ3) is 4.30. The number of amides is 1. The maximum atomic E-state index is 12.1. The summed E-state index contributed by atoms with van der Waals surface area (Å²) in [5.74, 6) is 0.717. The Morgan fingerprint density at radius 3 is 2.86 bits per heavy atom. The Bertz CT molecular complexity index is 580. The number of nitrogens with one attached hydrogen (secondary N) is 1. The first-order valence-electron chi connectivity index (χ1n) is 6.66. The van der Waals surface area contributed by atoms with Crippen LogP contribution in [0, 0.1) is 0 Å². The van der Waals surface area contributed by atoms with Crippen LogP contribution in [0.5, 0.6) is 0 Å². The zero-order valence-electron chi connectivity index (χ0n) is 12.0. The lowest BCUT2D eigenvalue weighted by molar-refractivity contribution is 0.0556. The second-order valence-electron chi connectivity index (χ2n) is 4.75. The number of nitrogens with zero attached hydrogens (tertiary/aromatic N) is 1. The minimum Gasteiger partial charge on any atom is -0.383 e. The molecular weight excluding hydrogens is 304 g/mol. The topological polar surface area (TPSA) is 62.2 Å². The lowest BCUT2D eigenvalue weighted by Crippen LogP contribution is -2.38. The van der Waals surface area contributed by atoms with E-state index in [0.29, 0.717) is 5.56 Å². The summed E-state index contributed by atoms with van der Waals surface area (Å²) in [5, 5.41) is 15.9. The minimum atomic E-state index is -1.06. The summed E-state index contributed by atoms with van der Waals surface area (Å²) in [5.41, 5.74) is -0.563. The highest BCUT2D eigenvalue weighted by Gasteiger charge is 2.25. The Kier molecular flexibility index (Phi) is 5.39. The molecule has 2 aromatic heterocycles. The molecule has 2 N–H and O–H groups in total. The van der Waals surface area contributed by atoms with E-state index in [2.05, 4.69) is 17.2 Å². The van der Waals surface area contributed by atoms with Crippen molar-refractivity contribution in [3.63, 3.8) is 0 Å². The highest BCUT2D eigenvalue weighted by atomic mass is 32.2. The molecule has 0 aliphatic rings. The number of carbonyl (C=O) groups is 1. The Labute approximate surface area is 132 Å². The van der Waals surface area contributed by atoms with E-state index in [4.69, 9.17) is 0 Å². The maximum absolute atomic E-state index is 12.1. The van der Waals surface area contributed by atoms with Crippen molar-refractivity contribution in [1.29, 1.82) is 0 Å². The van der Waals surface area contributed by atoms with Gasteiger partial charge in [0.2, 0.25) is 0 Å². The monoisotopic (exact) mass is 322 g/mol. The van der Waals surface area contributed by atoms with Crippen LogP contribution in [0.25, 0.3) is 0 Å². The van der Waals surface area contributed by atoms with Gasteiger partial charge in [0, 0.05) is 11.1 Å². The van der Waals surface area contributed by atoms with E-state index in [1.807, 2.05) is 23.6 Å². The van der Waals surface area contributed by atoms with Crippen molar-refractivity contribution in [1.82, 2.24) is 10.3 Å². The van der Waals surface area contributed by atoms with Gasteiger partial charge in [0.05, 0.1) is 17.1 Å². The fourth-order valence-corrected chi connectivity index (χ4v) is 3.15. The second-order valence-corrected chi connectivity index (χ2v) is 6.98. The molecular formula is C15H18N2O2S2. The molecule has 2 heterocycles. The largest absolute Gasteiger partial charge is 0.383 e. The lowest BCUT2D eigenvalue weighted by Gasteiger charge is -2.22. The van der Waals surface area contributed by atoms with Crippen LogP contribution < -0.4 is 5.32 Å². The number of pyridine rings is 1. The molecule has 0 spiro atoms. The summed E-state index contributed by atoms with van der Waals surface area (Å²) in [6.45, 7) is 3.91.